The van der Waals surface area contributed by atoms with Crippen LogP contribution in [0.3, 0.4) is 0 Å². The Labute approximate surface area is 176 Å². The van der Waals surface area contributed by atoms with Gasteiger partial charge in [-0.1, -0.05) is 24.3 Å². The lowest BCUT2D eigenvalue weighted by molar-refractivity contribution is -0.137. The molecule has 0 aliphatic rings. The third kappa shape index (κ3) is 6.27. The smallest absolute Gasteiger partial charge is 0.322 e. The molecule has 0 unspecified atom stereocenters. The summed E-state index contributed by atoms with van der Waals surface area (Å²) in [4.78, 5) is 28.5. The van der Waals surface area contributed by atoms with E-state index in [2.05, 4.69) is 15.6 Å². The van der Waals surface area contributed by atoms with Crippen molar-refractivity contribution in [1.82, 2.24) is 4.98 Å². The third-order valence-corrected chi connectivity index (χ3v) is 4.19. The molecule has 31 heavy (non-hydrogen) atoms. The van der Waals surface area contributed by atoms with Gasteiger partial charge in [0.1, 0.15) is 5.82 Å². The van der Waals surface area contributed by atoms with Gasteiger partial charge in [-0.15, -0.1) is 0 Å². The third-order valence-electron chi connectivity index (χ3n) is 4.19. The topological polar surface area (TPSA) is 71.1 Å². The van der Waals surface area contributed by atoms with Gasteiger partial charge in [-0.2, -0.15) is 13.2 Å². The number of carbonyl (C=O) groups is 2. The van der Waals surface area contributed by atoms with E-state index in [9.17, 15) is 22.8 Å². The first-order chi connectivity index (χ1) is 14.7. The maximum absolute atomic E-state index is 12.8. The van der Waals surface area contributed by atoms with Crippen molar-refractivity contribution in [2.45, 2.75) is 13.1 Å². The second-order valence-electron chi connectivity index (χ2n) is 6.70. The fourth-order valence-corrected chi connectivity index (χ4v) is 2.64. The van der Waals surface area contributed by atoms with Gasteiger partial charge < -0.3 is 10.6 Å². The zero-order valence-corrected chi connectivity index (χ0v) is 16.4. The van der Waals surface area contributed by atoms with Gasteiger partial charge in [0.25, 0.3) is 5.91 Å². The highest BCUT2D eigenvalue weighted by molar-refractivity contribution is 6.05. The predicted molar refractivity (Wildman–Crippen MR) is 112 cm³/mol. The minimum absolute atomic E-state index is 0.0331. The number of hydrogen-bond donors (Lipinski definition) is 2. The van der Waals surface area contributed by atoms with Gasteiger partial charge in [0.2, 0.25) is 5.91 Å². The summed E-state index contributed by atoms with van der Waals surface area (Å²) in [7, 11) is 0. The monoisotopic (exact) mass is 425 g/mol. The highest BCUT2D eigenvalue weighted by Gasteiger charge is 2.30. The van der Waals surface area contributed by atoms with Crippen LogP contribution in [0.5, 0.6) is 0 Å². The Morgan fingerprint density at radius 3 is 2.45 bits per heavy atom. The molecule has 0 aliphatic carbocycles. The average molecular weight is 425 g/mol. The molecule has 3 rings (SSSR count). The summed E-state index contributed by atoms with van der Waals surface area (Å²) in [5, 5.41) is 5.07. The Balaban J connectivity index is 1.66. The number of benzene rings is 2. The highest BCUT2D eigenvalue weighted by Crippen LogP contribution is 2.30. The Morgan fingerprint density at radius 2 is 1.74 bits per heavy atom. The Bertz CT molecular complexity index is 1120. The summed E-state index contributed by atoms with van der Waals surface area (Å²) >= 11 is 0. The van der Waals surface area contributed by atoms with Crippen LogP contribution in [0.1, 0.15) is 27.0 Å². The van der Waals surface area contributed by atoms with Crippen molar-refractivity contribution in [2.24, 2.45) is 0 Å². The second-order valence-corrected chi connectivity index (χ2v) is 6.70. The molecule has 5 nitrogen and oxygen atoms in total. The first-order valence-electron chi connectivity index (χ1n) is 9.21. The highest BCUT2D eigenvalue weighted by atomic mass is 19.4. The van der Waals surface area contributed by atoms with Gasteiger partial charge >= 0.3 is 6.18 Å². The van der Waals surface area contributed by atoms with Crippen LogP contribution in [0.15, 0.2) is 72.9 Å². The Kier molecular flexibility index (Phi) is 6.49. The maximum Gasteiger partial charge on any atom is 0.416 e. The second kappa shape index (κ2) is 9.25. The van der Waals surface area contributed by atoms with Crippen molar-refractivity contribution in [3.05, 3.63) is 95.2 Å². The summed E-state index contributed by atoms with van der Waals surface area (Å²) in [5.41, 5.74) is 0.958. The van der Waals surface area contributed by atoms with Crippen LogP contribution in [0.2, 0.25) is 0 Å². The van der Waals surface area contributed by atoms with E-state index in [1.165, 1.54) is 36.4 Å². The zero-order valence-electron chi connectivity index (χ0n) is 16.4. The average Bonchev–Trinajstić information content (AvgIpc) is 2.74. The molecule has 2 amide bonds. The van der Waals surface area contributed by atoms with Crippen LogP contribution in [0.4, 0.5) is 24.7 Å². The van der Waals surface area contributed by atoms with Crippen LogP contribution in [-0.4, -0.2) is 16.8 Å². The van der Waals surface area contributed by atoms with Gasteiger partial charge in [0, 0.05) is 23.5 Å². The molecule has 2 N–H and O–H groups in total. The number of halogens is 3. The first-order valence-corrected chi connectivity index (χ1v) is 9.21. The molecule has 0 aliphatic heterocycles. The SMILES string of the molecule is Cc1ccc(NC(=O)C=Cc2cccc(C(=O)Nc3cccc(C(F)(F)F)c3)c2)nc1. The number of aromatic nitrogens is 1. The van der Waals surface area contributed by atoms with E-state index in [1.807, 2.05) is 13.0 Å². The zero-order chi connectivity index (χ0) is 22.4. The standard InChI is InChI=1S/C23H18F3N3O2/c1-15-8-10-20(27-14-15)29-21(30)11-9-16-4-2-5-17(12-16)22(31)28-19-7-3-6-18(13-19)23(24,25)26/h2-14H,1H3,(H,28,31)(H,27,29,30). The summed E-state index contributed by atoms with van der Waals surface area (Å²) in [6.07, 6.45) is -0.0537. The van der Waals surface area contributed by atoms with E-state index in [0.717, 1.165) is 17.7 Å². The van der Waals surface area contributed by atoms with E-state index in [-0.39, 0.29) is 11.3 Å². The molecule has 0 bridgehead atoms. The summed E-state index contributed by atoms with van der Waals surface area (Å²) in [5.74, 6) is -0.549. The summed E-state index contributed by atoms with van der Waals surface area (Å²) < 4.78 is 38.5. The molecule has 1 heterocycles. The molecule has 1 aromatic heterocycles. The number of aryl methyl sites for hydroxylation is 1. The molecule has 0 fully saturated rings. The molecule has 8 heteroatoms. The lowest BCUT2D eigenvalue weighted by Crippen LogP contribution is -2.13. The predicted octanol–water partition coefficient (Wildman–Crippen LogP) is 5.31. The Hall–Kier alpha value is -3.94. The molecule has 158 valence electrons. The largest absolute Gasteiger partial charge is 0.416 e. The van der Waals surface area contributed by atoms with Crippen molar-refractivity contribution >= 4 is 29.4 Å². The summed E-state index contributed by atoms with van der Waals surface area (Å²) in [6.45, 7) is 1.88. The fourth-order valence-electron chi connectivity index (χ4n) is 2.64. The molecule has 0 spiro atoms. The van der Waals surface area contributed by atoms with Crippen molar-refractivity contribution in [2.75, 3.05) is 10.6 Å². The van der Waals surface area contributed by atoms with Crippen molar-refractivity contribution in [3.8, 4) is 0 Å². The van der Waals surface area contributed by atoms with Crippen LogP contribution < -0.4 is 10.6 Å². The lowest BCUT2D eigenvalue weighted by atomic mass is 10.1. The maximum atomic E-state index is 12.8. The number of hydrogen-bond acceptors (Lipinski definition) is 3. The van der Waals surface area contributed by atoms with Gasteiger partial charge in [0.15, 0.2) is 0 Å². The number of alkyl halides is 3. The fraction of sp³-hybridized carbons (Fsp3) is 0.0870. The minimum atomic E-state index is -4.50. The molecule has 0 saturated carbocycles. The van der Waals surface area contributed by atoms with Crippen LogP contribution in [0, 0.1) is 6.92 Å². The van der Waals surface area contributed by atoms with Crippen LogP contribution >= 0.6 is 0 Å². The number of amides is 2. The van der Waals surface area contributed by atoms with Crippen molar-refractivity contribution < 1.29 is 22.8 Å². The first kappa shape index (κ1) is 21.8. The molecule has 0 atom stereocenters. The van der Waals surface area contributed by atoms with Crippen molar-refractivity contribution in [1.29, 1.82) is 0 Å². The number of nitrogens with zero attached hydrogens (tertiary/aromatic N) is 1. The normalized spacial score (nSPS) is 11.4. The van der Waals surface area contributed by atoms with E-state index < -0.39 is 23.6 Å². The Morgan fingerprint density at radius 1 is 0.968 bits per heavy atom. The van der Waals surface area contributed by atoms with Gasteiger partial charge in [0.05, 0.1) is 5.56 Å². The quantitative estimate of drug-likeness (QED) is 0.544. The summed E-state index contributed by atoms with van der Waals surface area (Å²) in [6, 6.07) is 14.2. The van der Waals surface area contributed by atoms with Gasteiger partial charge in [-0.25, -0.2) is 4.98 Å². The number of rotatable bonds is 5. The van der Waals surface area contributed by atoms with E-state index >= 15 is 0 Å². The molecule has 0 radical (unpaired) electrons. The van der Waals surface area contributed by atoms with Gasteiger partial charge in [-0.3, -0.25) is 9.59 Å². The van der Waals surface area contributed by atoms with E-state index in [0.29, 0.717) is 11.4 Å². The lowest BCUT2D eigenvalue weighted by Gasteiger charge is -2.10. The van der Waals surface area contributed by atoms with E-state index in [4.69, 9.17) is 0 Å². The minimum Gasteiger partial charge on any atom is -0.322 e. The molecular formula is C23H18F3N3O2. The van der Waals surface area contributed by atoms with Crippen LogP contribution in [-0.2, 0) is 11.0 Å². The van der Waals surface area contributed by atoms with Gasteiger partial charge in [-0.05, 0) is 60.5 Å². The van der Waals surface area contributed by atoms with Crippen molar-refractivity contribution in [3.63, 3.8) is 0 Å². The molecule has 3 aromatic rings. The molecule has 2 aromatic carbocycles. The number of nitrogens with one attached hydrogen (secondary N) is 2. The van der Waals surface area contributed by atoms with Crippen LogP contribution in [0.25, 0.3) is 6.08 Å². The van der Waals surface area contributed by atoms with E-state index in [1.54, 1.807) is 24.4 Å². The number of anilines is 2. The number of carbonyl (C=O) groups excluding carboxylic acids is 2. The molecular weight excluding hydrogens is 407 g/mol. The number of pyridine rings is 1. The molecule has 0 saturated heterocycles.